The summed E-state index contributed by atoms with van der Waals surface area (Å²) in [5.74, 6) is -0.745. The van der Waals surface area contributed by atoms with Gasteiger partial charge in [0.25, 0.3) is 5.92 Å². The standard InChI is InChI=1S/C19H19BrF2N6/c1-10-5-16(25-17-9-15(27-28-17)11-3-4-11)26-18(23-10)24-14-7-12(19(2,21)22)6-13(20)8-14/h5-9,11H,3-4H2,1-2H3,(H3,23,24,25,26,27,28). The summed E-state index contributed by atoms with van der Waals surface area (Å²) >= 11 is 3.27. The molecule has 146 valence electrons. The smallest absolute Gasteiger partial charge is 0.270 e. The first-order valence-corrected chi connectivity index (χ1v) is 9.69. The zero-order chi connectivity index (χ0) is 19.9. The molecule has 1 fully saturated rings. The average molecular weight is 449 g/mol. The van der Waals surface area contributed by atoms with Gasteiger partial charge in [0.1, 0.15) is 11.6 Å². The molecule has 3 N–H and O–H groups in total. The zero-order valence-corrected chi connectivity index (χ0v) is 16.9. The molecule has 4 rings (SSSR count). The lowest BCUT2D eigenvalue weighted by molar-refractivity contribution is 0.0174. The third-order valence-corrected chi connectivity index (χ3v) is 4.83. The van der Waals surface area contributed by atoms with Crippen molar-refractivity contribution in [2.45, 2.75) is 38.5 Å². The van der Waals surface area contributed by atoms with Crippen LogP contribution in [0.5, 0.6) is 0 Å². The van der Waals surface area contributed by atoms with E-state index in [0.29, 0.717) is 27.8 Å². The van der Waals surface area contributed by atoms with Crippen LogP contribution >= 0.6 is 15.9 Å². The molecule has 2 heterocycles. The SMILES string of the molecule is Cc1cc(Nc2cc(C3CC3)n[nH]2)nc(Nc2cc(Br)cc(C(C)(F)F)c2)n1. The van der Waals surface area contributed by atoms with Gasteiger partial charge in [0.2, 0.25) is 5.95 Å². The van der Waals surface area contributed by atoms with Crippen molar-refractivity contribution in [3.63, 3.8) is 0 Å². The fourth-order valence-electron chi connectivity index (χ4n) is 2.86. The molecule has 0 atom stereocenters. The van der Waals surface area contributed by atoms with E-state index in [1.807, 2.05) is 13.0 Å². The van der Waals surface area contributed by atoms with Crippen LogP contribution in [0.3, 0.4) is 0 Å². The van der Waals surface area contributed by atoms with E-state index in [1.54, 1.807) is 12.1 Å². The van der Waals surface area contributed by atoms with E-state index in [9.17, 15) is 8.78 Å². The summed E-state index contributed by atoms with van der Waals surface area (Å²) < 4.78 is 27.9. The van der Waals surface area contributed by atoms with Gasteiger partial charge in [0, 0.05) is 46.4 Å². The zero-order valence-electron chi connectivity index (χ0n) is 15.4. The number of alkyl halides is 2. The summed E-state index contributed by atoms with van der Waals surface area (Å²) in [6, 6.07) is 8.26. The summed E-state index contributed by atoms with van der Waals surface area (Å²) in [6.07, 6.45) is 2.35. The third-order valence-electron chi connectivity index (χ3n) is 4.37. The van der Waals surface area contributed by atoms with Crippen LogP contribution in [0.25, 0.3) is 0 Å². The number of hydrogen-bond acceptors (Lipinski definition) is 5. The Labute approximate surface area is 169 Å². The summed E-state index contributed by atoms with van der Waals surface area (Å²) in [5.41, 5.74) is 2.16. The largest absolute Gasteiger partial charge is 0.325 e. The van der Waals surface area contributed by atoms with Gasteiger partial charge in [0.15, 0.2) is 0 Å². The number of anilines is 4. The van der Waals surface area contributed by atoms with Gasteiger partial charge in [0.05, 0.1) is 5.69 Å². The predicted octanol–water partition coefficient (Wildman–Crippen LogP) is 5.75. The second-order valence-electron chi connectivity index (χ2n) is 7.07. The molecule has 1 saturated carbocycles. The minimum atomic E-state index is -2.94. The van der Waals surface area contributed by atoms with Crippen molar-refractivity contribution in [2.75, 3.05) is 10.6 Å². The monoisotopic (exact) mass is 448 g/mol. The van der Waals surface area contributed by atoms with Crippen molar-refractivity contribution in [2.24, 2.45) is 0 Å². The Morgan fingerprint density at radius 3 is 2.61 bits per heavy atom. The highest BCUT2D eigenvalue weighted by molar-refractivity contribution is 9.10. The number of nitrogens with one attached hydrogen (secondary N) is 3. The highest BCUT2D eigenvalue weighted by Crippen LogP contribution is 2.39. The molecule has 0 saturated heterocycles. The van der Waals surface area contributed by atoms with Crippen LogP contribution in [0, 0.1) is 6.92 Å². The number of nitrogens with zero attached hydrogens (tertiary/aromatic N) is 3. The van der Waals surface area contributed by atoms with Crippen molar-refractivity contribution in [3.05, 3.63) is 51.8 Å². The van der Waals surface area contributed by atoms with Crippen molar-refractivity contribution < 1.29 is 8.78 Å². The average Bonchev–Trinajstić information content (AvgIpc) is 3.33. The number of hydrogen-bond donors (Lipinski definition) is 3. The molecule has 9 heteroatoms. The van der Waals surface area contributed by atoms with Gasteiger partial charge >= 0.3 is 0 Å². The highest BCUT2D eigenvalue weighted by Gasteiger charge is 2.26. The maximum Gasteiger partial charge on any atom is 0.270 e. The molecular formula is C19H19BrF2N6. The third kappa shape index (κ3) is 4.46. The van der Waals surface area contributed by atoms with Crippen molar-refractivity contribution in [3.8, 4) is 0 Å². The summed E-state index contributed by atoms with van der Waals surface area (Å²) in [4.78, 5) is 8.78. The van der Waals surface area contributed by atoms with Crippen LogP contribution < -0.4 is 10.6 Å². The topological polar surface area (TPSA) is 78.5 Å². The van der Waals surface area contributed by atoms with E-state index in [1.165, 1.54) is 25.0 Å². The lowest BCUT2D eigenvalue weighted by atomic mass is 10.1. The molecule has 0 bridgehead atoms. The molecule has 0 radical (unpaired) electrons. The van der Waals surface area contributed by atoms with Gasteiger partial charge in [-0.15, -0.1) is 0 Å². The fourth-order valence-corrected chi connectivity index (χ4v) is 3.35. The van der Waals surface area contributed by atoms with Crippen LogP contribution in [-0.4, -0.2) is 20.2 Å². The first-order valence-electron chi connectivity index (χ1n) is 8.90. The Bertz CT molecular complexity index is 1010. The fraction of sp³-hybridized carbons (Fsp3) is 0.316. The van der Waals surface area contributed by atoms with E-state index in [0.717, 1.165) is 24.1 Å². The second kappa shape index (κ2) is 7.12. The molecule has 0 amide bonds. The Morgan fingerprint density at radius 2 is 1.89 bits per heavy atom. The Morgan fingerprint density at radius 1 is 1.11 bits per heavy atom. The van der Waals surface area contributed by atoms with Gasteiger partial charge in [-0.3, -0.25) is 5.10 Å². The van der Waals surface area contributed by atoms with Crippen LogP contribution in [0.4, 0.5) is 32.1 Å². The molecule has 0 unspecified atom stereocenters. The maximum absolute atomic E-state index is 13.7. The maximum atomic E-state index is 13.7. The second-order valence-corrected chi connectivity index (χ2v) is 7.98. The predicted molar refractivity (Wildman–Crippen MR) is 108 cm³/mol. The van der Waals surface area contributed by atoms with Crippen LogP contribution in [0.15, 0.2) is 34.8 Å². The Kier molecular flexibility index (Phi) is 4.78. The number of halogens is 3. The number of benzene rings is 1. The Balaban J connectivity index is 1.56. The molecule has 0 aliphatic heterocycles. The lowest BCUT2D eigenvalue weighted by Crippen LogP contribution is -2.08. The van der Waals surface area contributed by atoms with Crippen molar-refractivity contribution in [1.82, 2.24) is 20.2 Å². The van der Waals surface area contributed by atoms with Gasteiger partial charge in [-0.2, -0.15) is 10.1 Å². The molecule has 0 spiro atoms. The van der Waals surface area contributed by atoms with E-state index in [4.69, 9.17) is 0 Å². The highest BCUT2D eigenvalue weighted by atomic mass is 79.9. The number of aromatic amines is 1. The molecular weight excluding hydrogens is 430 g/mol. The van der Waals surface area contributed by atoms with E-state index in [-0.39, 0.29) is 5.56 Å². The van der Waals surface area contributed by atoms with Crippen LogP contribution in [0.2, 0.25) is 0 Å². The van der Waals surface area contributed by atoms with E-state index in [2.05, 4.69) is 46.7 Å². The molecule has 2 aromatic heterocycles. The van der Waals surface area contributed by atoms with E-state index < -0.39 is 5.92 Å². The number of aryl methyl sites for hydroxylation is 1. The minimum Gasteiger partial charge on any atom is -0.325 e. The molecule has 28 heavy (non-hydrogen) atoms. The normalized spacial score (nSPS) is 14.2. The molecule has 3 aromatic rings. The van der Waals surface area contributed by atoms with Gasteiger partial charge in [-0.05, 0) is 38.0 Å². The van der Waals surface area contributed by atoms with Crippen molar-refractivity contribution in [1.29, 1.82) is 0 Å². The molecule has 6 nitrogen and oxygen atoms in total. The van der Waals surface area contributed by atoms with Crippen molar-refractivity contribution >= 4 is 39.2 Å². The summed E-state index contributed by atoms with van der Waals surface area (Å²) in [7, 11) is 0. The number of H-pyrrole nitrogens is 1. The van der Waals surface area contributed by atoms with Gasteiger partial charge in [-0.1, -0.05) is 15.9 Å². The molecule has 1 aliphatic rings. The van der Waals surface area contributed by atoms with Crippen LogP contribution in [-0.2, 0) is 5.92 Å². The number of aromatic nitrogens is 4. The lowest BCUT2D eigenvalue weighted by Gasteiger charge is -2.14. The molecule has 1 aliphatic carbocycles. The first-order chi connectivity index (χ1) is 13.3. The van der Waals surface area contributed by atoms with Crippen LogP contribution in [0.1, 0.15) is 42.6 Å². The summed E-state index contributed by atoms with van der Waals surface area (Å²) in [6.45, 7) is 2.71. The van der Waals surface area contributed by atoms with E-state index >= 15 is 0 Å². The van der Waals surface area contributed by atoms with Gasteiger partial charge in [-0.25, -0.2) is 13.8 Å². The quantitative estimate of drug-likeness (QED) is 0.447. The molecule has 1 aromatic carbocycles. The summed E-state index contributed by atoms with van der Waals surface area (Å²) in [5, 5.41) is 13.5. The van der Waals surface area contributed by atoms with Gasteiger partial charge < -0.3 is 10.6 Å². The number of rotatable bonds is 6. The Hall–Kier alpha value is -2.55. The first kappa shape index (κ1) is 18.8. The minimum absolute atomic E-state index is 0.0968.